The maximum Gasteiger partial charge on any atom is 0.257 e. The van der Waals surface area contributed by atoms with Crippen molar-refractivity contribution in [2.75, 3.05) is 5.32 Å². The molecule has 1 aromatic carbocycles. The zero-order valence-corrected chi connectivity index (χ0v) is 12.1. The van der Waals surface area contributed by atoms with E-state index < -0.39 is 0 Å². The lowest BCUT2D eigenvalue weighted by Gasteiger charge is -2.08. The van der Waals surface area contributed by atoms with Gasteiger partial charge in [-0.1, -0.05) is 39.1 Å². The molecule has 0 bridgehead atoms. The van der Waals surface area contributed by atoms with Crippen LogP contribution in [0.15, 0.2) is 41.1 Å². The molecule has 0 spiro atoms. The molecule has 0 atom stereocenters. The van der Waals surface area contributed by atoms with Gasteiger partial charge in [-0.25, -0.2) is 0 Å². The largest absolute Gasteiger partial charge is 0.319 e. The molecule has 92 valence electrons. The molecule has 1 amide bonds. The van der Waals surface area contributed by atoms with Gasteiger partial charge >= 0.3 is 0 Å². The number of hydrogen-bond acceptors (Lipinski definition) is 2. The highest BCUT2D eigenvalue weighted by Gasteiger charge is 2.12. The van der Waals surface area contributed by atoms with Crippen molar-refractivity contribution in [2.24, 2.45) is 0 Å². The third-order valence-electron chi connectivity index (χ3n) is 2.19. The standard InChI is InChI=1S/C12H7BrCl2N2O/c13-7-1-2-9(14)8(5-7)12(18)17-11-6-16-4-3-10(11)15/h1-6H,(H,17,18). The number of aromatic nitrogens is 1. The first-order valence-electron chi connectivity index (χ1n) is 4.94. The van der Waals surface area contributed by atoms with Crippen LogP contribution in [-0.4, -0.2) is 10.9 Å². The first-order valence-corrected chi connectivity index (χ1v) is 6.49. The number of carbonyl (C=O) groups is 1. The number of amides is 1. The summed E-state index contributed by atoms with van der Waals surface area (Å²) in [6.45, 7) is 0. The second-order valence-electron chi connectivity index (χ2n) is 3.43. The van der Waals surface area contributed by atoms with Crippen LogP contribution in [0.5, 0.6) is 0 Å². The fourth-order valence-electron chi connectivity index (χ4n) is 1.33. The number of nitrogens with zero attached hydrogens (tertiary/aromatic N) is 1. The molecule has 1 aromatic heterocycles. The minimum Gasteiger partial charge on any atom is -0.319 e. The van der Waals surface area contributed by atoms with Crippen molar-refractivity contribution in [3.63, 3.8) is 0 Å². The van der Waals surface area contributed by atoms with Gasteiger partial charge in [-0.3, -0.25) is 9.78 Å². The summed E-state index contributed by atoms with van der Waals surface area (Å²) in [4.78, 5) is 15.9. The average Bonchev–Trinajstić information content (AvgIpc) is 2.35. The van der Waals surface area contributed by atoms with E-state index in [4.69, 9.17) is 23.2 Å². The lowest BCUT2D eigenvalue weighted by Crippen LogP contribution is -2.13. The van der Waals surface area contributed by atoms with Gasteiger partial charge in [-0.2, -0.15) is 0 Å². The summed E-state index contributed by atoms with van der Waals surface area (Å²) in [6, 6.07) is 6.64. The second kappa shape index (κ2) is 5.69. The Labute approximate surface area is 122 Å². The third kappa shape index (κ3) is 3.02. The van der Waals surface area contributed by atoms with E-state index in [9.17, 15) is 4.79 Å². The molecule has 2 aromatic rings. The highest BCUT2D eigenvalue weighted by atomic mass is 79.9. The Bertz CT molecular complexity index is 604. The molecule has 1 N–H and O–H groups in total. The summed E-state index contributed by atoms with van der Waals surface area (Å²) in [5, 5.41) is 3.45. The zero-order chi connectivity index (χ0) is 13.1. The minimum atomic E-state index is -0.337. The second-order valence-corrected chi connectivity index (χ2v) is 5.16. The van der Waals surface area contributed by atoms with Crippen molar-refractivity contribution < 1.29 is 4.79 Å². The summed E-state index contributed by atoms with van der Waals surface area (Å²) in [5.74, 6) is -0.337. The van der Waals surface area contributed by atoms with Gasteiger partial charge in [0.1, 0.15) is 0 Å². The summed E-state index contributed by atoms with van der Waals surface area (Å²) in [5.41, 5.74) is 0.811. The predicted octanol–water partition coefficient (Wildman–Crippen LogP) is 4.40. The van der Waals surface area contributed by atoms with E-state index in [-0.39, 0.29) is 5.91 Å². The number of pyridine rings is 1. The molecule has 0 saturated carbocycles. The third-order valence-corrected chi connectivity index (χ3v) is 3.34. The fraction of sp³-hybridized carbons (Fsp3) is 0. The molecular formula is C12H7BrCl2N2O. The highest BCUT2D eigenvalue weighted by Crippen LogP contribution is 2.24. The number of rotatable bonds is 2. The van der Waals surface area contributed by atoms with E-state index in [0.29, 0.717) is 21.3 Å². The lowest BCUT2D eigenvalue weighted by atomic mass is 10.2. The number of anilines is 1. The van der Waals surface area contributed by atoms with Gasteiger partial charge in [0.05, 0.1) is 27.5 Å². The molecular weight excluding hydrogens is 339 g/mol. The predicted molar refractivity (Wildman–Crippen MR) is 76.4 cm³/mol. The first kappa shape index (κ1) is 13.3. The number of hydrogen-bond donors (Lipinski definition) is 1. The molecule has 0 unspecified atom stereocenters. The Morgan fingerprint density at radius 3 is 2.72 bits per heavy atom. The maximum absolute atomic E-state index is 12.0. The van der Waals surface area contributed by atoms with Crippen LogP contribution in [0.2, 0.25) is 10.0 Å². The van der Waals surface area contributed by atoms with E-state index in [1.54, 1.807) is 30.5 Å². The Morgan fingerprint density at radius 2 is 2.00 bits per heavy atom. The van der Waals surface area contributed by atoms with Crippen LogP contribution in [0.25, 0.3) is 0 Å². The molecule has 6 heteroatoms. The van der Waals surface area contributed by atoms with Gasteiger partial charge in [0.25, 0.3) is 5.91 Å². The van der Waals surface area contributed by atoms with Crippen LogP contribution >= 0.6 is 39.1 Å². The quantitative estimate of drug-likeness (QED) is 0.876. The van der Waals surface area contributed by atoms with Gasteiger partial charge < -0.3 is 5.32 Å². The average molecular weight is 346 g/mol. The van der Waals surface area contributed by atoms with Gasteiger partial charge in [0.2, 0.25) is 0 Å². The first-order chi connectivity index (χ1) is 8.58. The molecule has 1 heterocycles. The SMILES string of the molecule is O=C(Nc1cnccc1Cl)c1cc(Br)ccc1Cl. The molecule has 0 radical (unpaired) electrons. The van der Waals surface area contributed by atoms with E-state index in [0.717, 1.165) is 4.47 Å². The topological polar surface area (TPSA) is 42.0 Å². The highest BCUT2D eigenvalue weighted by molar-refractivity contribution is 9.10. The molecule has 0 aliphatic carbocycles. The summed E-state index contributed by atoms with van der Waals surface area (Å²) >= 11 is 15.2. The molecule has 3 nitrogen and oxygen atoms in total. The number of nitrogens with one attached hydrogen (secondary N) is 1. The van der Waals surface area contributed by atoms with Crippen LogP contribution in [0.1, 0.15) is 10.4 Å². The van der Waals surface area contributed by atoms with Crippen molar-refractivity contribution in [1.29, 1.82) is 0 Å². The van der Waals surface area contributed by atoms with Crippen LogP contribution in [0, 0.1) is 0 Å². The van der Waals surface area contributed by atoms with Gasteiger partial charge in [-0.05, 0) is 24.3 Å². The molecule has 0 aliphatic rings. The number of carbonyl (C=O) groups excluding carboxylic acids is 1. The minimum absolute atomic E-state index is 0.337. The Morgan fingerprint density at radius 1 is 1.22 bits per heavy atom. The molecule has 0 saturated heterocycles. The maximum atomic E-state index is 12.0. The van der Waals surface area contributed by atoms with Crippen molar-refractivity contribution in [3.05, 3.63) is 56.7 Å². The van der Waals surface area contributed by atoms with Crippen molar-refractivity contribution in [3.8, 4) is 0 Å². The normalized spacial score (nSPS) is 10.2. The zero-order valence-electron chi connectivity index (χ0n) is 8.95. The van der Waals surface area contributed by atoms with Crippen LogP contribution in [0.3, 0.4) is 0 Å². The van der Waals surface area contributed by atoms with E-state index in [2.05, 4.69) is 26.2 Å². The van der Waals surface area contributed by atoms with Crippen molar-refractivity contribution in [2.45, 2.75) is 0 Å². The van der Waals surface area contributed by atoms with Crippen LogP contribution in [0.4, 0.5) is 5.69 Å². The summed E-state index contributed by atoms with van der Waals surface area (Å²) in [6.07, 6.45) is 3.02. The monoisotopic (exact) mass is 344 g/mol. The number of halogens is 3. The number of benzene rings is 1. The molecule has 0 fully saturated rings. The van der Waals surface area contributed by atoms with E-state index in [1.807, 2.05) is 0 Å². The smallest absolute Gasteiger partial charge is 0.257 e. The van der Waals surface area contributed by atoms with Gasteiger partial charge in [-0.15, -0.1) is 0 Å². The van der Waals surface area contributed by atoms with E-state index >= 15 is 0 Å². The Hall–Kier alpha value is -1.10. The molecule has 2 rings (SSSR count). The van der Waals surface area contributed by atoms with Crippen LogP contribution < -0.4 is 5.32 Å². The van der Waals surface area contributed by atoms with E-state index in [1.165, 1.54) is 6.20 Å². The Balaban J connectivity index is 2.28. The summed E-state index contributed by atoms with van der Waals surface area (Å²) in [7, 11) is 0. The molecule has 0 aliphatic heterocycles. The van der Waals surface area contributed by atoms with Gasteiger partial charge in [0.15, 0.2) is 0 Å². The Kier molecular flexibility index (Phi) is 4.22. The molecule has 18 heavy (non-hydrogen) atoms. The lowest BCUT2D eigenvalue weighted by molar-refractivity contribution is 0.102. The van der Waals surface area contributed by atoms with Crippen molar-refractivity contribution >= 4 is 50.7 Å². The summed E-state index contributed by atoms with van der Waals surface area (Å²) < 4.78 is 0.773. The fourth-order valence-corrected chi connectivity index (χ4v) is 2.05. The van der Waals surface area contributed by atoms with Crippen LogP contribution in [-0.2, 0) is 0 Å². The van der Waals surface area contributed by atoms with Gasteiger partial charge in [0, 0.05) is 10.7 Å². The van der Waals surface area contributed by atoms with Crippen molar-refractivity contribution in [1.82, 2.24) is 4.98 Å².